The Bertz CT molecular complexity index is 522. The normalized spacial score (nSPS) is 10.7. The number of rotatable bonds is 2. The minimum Gasteiger partial charge on any atom is -0.383 e. The summed E-state index contributed by atoms with van der Waals surface area (Å²) in [7, 11) is 0. The van der Waals surface area contributed by atoms with Gasteiger partial charge in [0.15, 0.2) is 0 Å². The van der Waals surface area contributed by atoms with Crippen molar-refractivity contribution in [1.29, 1.82) is 0 Å². The largest absolute Gasteiger partial charge is 0.383 e. The van der Waals surface area contributed by atoms with Gasteiger partial charge in [-0.05, 0) is 46.1 Å². The van der Waals surface area contributed by atoms with Crippen molar-refractivity contribution in [2.75, 3.05) is 5.73 Å². The number of anilines is 1. The minimum absolute atomic E-state index is 0.245. The second-order valence-electron chi connectivity index (χ2n) is 3.61. The maximum atomic E-state index is 13.1. The topological polar surface area (TPSA) is 43.8 Å². The van der Waals surface area contributed by atoms with Gasteiger partial charge in [-0.25, -0.2) is 9.07 Å². The van der Waals surface area contributed by atoms with Gasteiger partial charge in [0.25, 0.3) is 0 Å². The third-order valence-electron chi connectivity index (χ3n) is 2.46. The van der Waals surface area contributed by atoms with E-state index in [4.69, 9.17) is 5.73 Å². The van der Waals surface area contributed by atoms with E-state index in [1.54, 1.807) is 16.9 Å². The molecule has 0 aliphatic rings. The predicted octanol–water partition coefficient (Wildman–Crippen LogP) is 2.72. The van der Waals surface area contributed by atoms with Gasteiger partial charge in [-0.1, -0.05) is 6.07 Å². The van der Waals surface area contributed by atoms with E-state index in [0.717, 1.165) is 15.6 Å². The molecule has 0 bridgehead atoms. The summed E-state index contributed by atoms with van der Waals surface area (Å²) < 4.78 is 15.5. The van der Waals surface area contributed by atoms with Crippen LogP contribution in [-0.4, -0.2) is 9.78 Å². The molecule has 0 spiro atoms. The molecule has 0 fully saturated rings. The number of aromatic nitrogens is 2. The van der Waals surface area contributed by atoms with E-state index in [1.165, 1.54) is 12.1 Å². The summed E-state index contributed by atoms with van der Waals surface area (Å²) in [6.07, 6.45) is 1.63. The first-order chi connectivity index (χ1) is 7.58. The molecule has 0 radical (unpaired) electrons. The van der Waals surface area contributed by atoms with E-state index >= 15 is 0 Å². The smallest absolute Gasteiger partial charge is 0.136 e. The molecule has 2 rings (SSSR count). The van der Waals surface area contributed by atoms with Crippen molar-refractivity contribution in [1.82, 2.24) is 9.78 Å². The molecule has 0 saturated heterocycles. The van der Waals surface area contributed by atoms with Crippen LogP contribution in [0.2, 0.25) is 0 Å². The van der Waals surface area contributed by atoms with Crippen molar-refractivity contribution in [2.45, 2.75) is 13.5 Å². The van der Waals surface area contributed by atoms with Gasteiger partial charge in [0.2, 0.25) is 0 Å². The molecular weight excluding hydrogens is 273 g/mol. The van der Waals surface area contributed by atoms with Gasteiger partial charge in [-0.15, -0.1) is 0 Å². The standard InChI is InChI=1S/C11H11BrFN3/c1-7-2-3-9(13)4-8(7)6-16-11(14)10(12)5-15-16/h2-5H,6,14H2,1H3. The fraction of sp³-hybridized carbons (Fsp3) is 0.182. The molecule has 1 aromatic heterocycles. The number of benzene rings is 1. The lowest BCUT2D eigenvalue weighted by Crippen LogP contribution is -2.07. The van der Waals surface area contributed by atoms with E-state index in [9.17, 15) is 4.39 Å². The van der Waals surface area contributed by atoms with Crippen molar-refractivity contribution < 1.29 is 4.39 Å². The highest BCUT2D eigenvalue weighted by molar-refractivity contribution is 9.10. The molecule has 0 aliphatic heterocycles. The zero-order valence-electron chi connectivity index (χ0n) is 8.74. The highest BCUT2D eigenvalue weighted by atomic mass is 79.9. The summed E-state index contributed by atoms with van der Waals surface area (Å²) in [4.78, 5) is 0. The monoisotopic (exact) mass is 283 g/mol. The fourth-order valence-corrected chi connectivity index (χ4v) is 1.77. The van der Waals surface area contributed by atoms with Crippen molar-refractivity contribution >= 4 is 21.7 Å². The van der Waals surface area contributed by atoms with Gasteiger partial charge in [-0.3, -0.25) is 0 Å². The number of nitrogens with two attached hydrogens (primary N) is 1. The number of nitrogen functional groups attached to an aromatic ring is 1. The van der Waals surface area contributed by atoms with Crippen LogP contribution in [-0.2, 0) is 6.54 Å². The zero-order valence-corrected chi connectivity index (χ0v) is 10.3. The van der Waals surface area contributed by atoms with Crippen LogP contribution in [0.1, 0.15) is 11.1 Å². The van der Waals surface area contributed by atoms with Crippen molar-refractivity contribution in [3.8, 4) is 0 Å². The second kappa shape index (κ2) is 4.25. The summed E-state index contributed by atoms with van der Waals surface area (Å²) in [5.41, 5.74) is 7.70. The maximum Gasteiger partial charge on any atom is 0.136 e. The first kappa shape index (κ1) is 11.1. The molecule has 2 N–H and O–H groups in total. The average molecular weight is 284 g/mol. The molecule has 0 saturated carbocycles. The lowest BCUT2D eigenvalue weighted by molar-refractivity contribution is 0.619. The third kappa shape index (κ3) is 2.09. The molecule has 0 unspecified atom stereocenters. The maximum absolute atomic E-state index is 13.1. The van der Waals surface area contributed by atoms with Crippen LogP contribution in [0.15, 0.2) is 28.9 Å². The Kier molecular flexibility index (Phi) is 2.96. The van der Waals surface area contributed by atoms with Crippen LogP contribution in [0.25, 0.3) is 0 Å². The van der Waals surface area contributed by atoms with Gasteiger partial charge in [0, 0.05) is 0 Å². The van der Waals surface area contributed by atoms with Crippen LogP contribution >= 0.6 is 15.9 Å². The van der Waals surface area contributed by atoms with Crippen LogP contribution in [0, 0.1) is 12.7 Å². The lowest BCUT2D eigenvalue weighted by Gasteiger charge is -2.07. The molecule has 16 heavy (non-hydrogen) atoms. The van der Waals surface area contributed by atoms with Crippen LogP contribution in [0.5, 0.6) is 0 Å². The van der Waals surface area contributed by atoms with Crippen LogP contribution in [0.3, 0.4) is 0 Å². The number of aryl methyl sites for hydroxylation is 1. The van der Waals surface area contributed by atoms with Gasteiger partial charge < -0.3 is 5.73 Å². The first-order valence-corrected chi connectivity index (χ1v) is 5.59. The highest BCUT2D eigenvalue weighted by Crippen LogP contribution is 2.20. The first-order valence-electron chi connectivity index (χ1n) is 4.79. The molecule has 84 valence electrons. The van der Waals surface area contributed by atoms with Crippen LogP contribution in [0.4, 0.5) is 10.2 Å². The summed E-state index contributed by atoms with van der Waals surface area (Å²) >= 11 is 3.28. The van der Waals surface area contributed by atoms with E-state index in [1.807, 2.05) is 6.92 Å². The SMILES string of the molecule is Cc1ccc(F)cc1Cn1ncc(Br)c1N. The molecule has 1 heterocycles. The van der Waals surface area contributed by atoms with E-state index in [0.29, 0.717) is 12.4 Å². The molecule has 0 aliphatic carbocycles. The van der Waals surface area contributed by atoms with Gasteiger partial charge in [-0.2, -0.15) is 5.10 Å². The fourth-order valence-electron chi connectivity index (χ4n) is 1.47. The third-order valence-corrected chi connectivity index (χ3v) is 3.08. The Morgan fingerprint density at radius 3 is 2.88 bits per heavy atom. The number of hydrogen-bond donors (Lipinski definition) is 1. The summed E-state index contributed by atoms with van der Waals surface area (Å²) in [6.45, 7) is 2.41. The Morgan fingerprint density at radius 2 is 2.25 bits per heavy atom. The van der Waals surface area contributed by atoms with E-state index in [2.05, 4.69) is 21.0 Å². The van der Waals surface area contributed by atoms with E-state index < -0.39 is 0 Å². The molecule has 1 aromatic carbocycles. The molecule has 2 aromatic rings. The number of halogens is 2. The van der Waals surface area contributed by atoms with E-state index in [-0.39, 0.29) is 5.82 Å². The molecule has 3 nitrogen and oxygen atoms in total. The molecular formula is C11H11BrFN3. The summed E-state index contributed by atoms with van der Waals surface area (Å²) in [6, 6.07) is 4.70. The van der Waals surface area contributed by atoms with Gasteiger partial charge >= 0.3 is 0 Å². The summed E-state index contributed by atoms with van der Waals surface area (Å²) in [5, 5.41) is 4.10. The molecule has 0 amide bonds. The second-order valence-corrected chi connectivity index (χ2v) is 4.46. The average Bonchev–Trinajstić information content (AvgIpc) is 2.55. The van der Waals surface area contributed by atoms with Crippen molar-refractivity contribution in [3.05, 3.63) is 45.8 Å². The number of nitrogens with zero attached hydrogens (tertiary/aromatic N) is 2. The molecule has 5 heteroatoms. The Balaban J connectivity index is 2.33. The van der Waals surface area contributed by atoms with Crippen molar-refractivity contribution in [3.63, 3.8) is 0 Å². The zero-order chi connectivity index (χ0) is 11.7. The predicted molar refractivity (Wildman–Crippen MR) is 64.6 cm³/mol. The molecule has 0 atom stereocenters. The lowest BCUT2D eigenvalue weighted by atomic mass is 10.1. The Labute approximate surface area is 101 Å². The Hall–Kier alpha value is -1.36. The number of hydrogen-bond acceptors (Lipinski definition) is 2. The van der Waals surface area contributed by atoms with Crippen LogP contribution < -0.4 is 5.73 Å². The minimum atomic E-state index is -0.245. The van der Waals surface area contributed by atoms with Crippen molar-refractivity contribution in [2.24, 2.45) is 0 Å². The quantitative estimate of drug-likeness (QED) is 0.921. The van der Waals surface area contributed by atoms with Gasteiger partial charge in [0.05, 0.1) is 17.2 Å². The highest BCUT2D eigenvalue weighted by Gasteiger charge is 2.07. The Morgan fingerprint density at radius 1 is 1.50 bits per heavy atom. The van der Waals surface area contributed by atoms with Gasteiger partial charge in [0.1, 0.15) is 11.6 Å². The summed E-state index contributed by atoms with van der Waals surface area (Å²) in [5.74, 6) is 0.300.